The van der Waals surface area contributed by atoms with Gasteiger partial charge in [0.2, 0.25) is 0 Å². The molecular formula is C21H18O4. The Kier molecular flexibility index (Phi) is 5.09. The van der Waals surface area contributed by atoms with Gasteiger partial charge in [0.05, 0.1) is 5.56 Å². The molecule has 2 atom stereocenters. The third-order valence-electron chi connectivity index (χ3n) is 3.85. The lowest BCUT2D eigenvalue weighted by Gasteiger charge is -2.24. The summed E-state index contributed by atoms with van der Waals surface area (Å²) in [7, 11) is 0. The molecule has 1 aliphatic heterocycles. The van der Waals surface area contributed by atoms with Gasteiger partial charge in [0.1, 0.15) is 0 Å². The van der Waals surface area contributed by atoms with Crippen LogP contribution in [0.4, 0.5) is 0 Å². The van der Waals surface area contributed by atoms with Crippen molar-refractivity contribution in [3.8, 4) is 11.1 Å². The summed E-state index contributed by atoms with van der Waals surface area (Å²) in [5.74, 6) is -0.899. The first kappa shape index (κ1) is 16.7. The summed E-state index contributed by atoms with van der Waals surface area (Å²) in [4.78, 5) is 23.7. The Morgan fingerprint density at radius 3 is 2.40 bits per heavy atom. The van der Waals surface area contributed by atoms with Gasteiger partial charge in [-0.2, -0.15) is 0 Å². The number of ether oxygens (including phenoxy) is 2. The van der Waals surface area contributed by atoms with Gasteiger partial charge in [-0.05, 0) is 42.3 Å². The van der Waals surface area contributed by atoms with Crippen LogP contribution in [0, 0.1) is 0 Å². The summed E-state index contributed by atoms with van der Waals surface area (Å²) >= 11 is 0. The summed E-state index contributed by atoms with van der Waals surface area (Å²) in [6.07, 6.45) is 5.04. The molecule has 1 heterocycles. The van der Waals surface area contributed by atoms with E-state index in [1.807, 2.05) is 49.4 Å². The summed E-state index contributed by atoms with van der Waals surface area (Å²) < 4.78 is 10.6. The second-order valence-electron chi connectivity index (χ2n) is 5.60. The zero-order valence-corrected chi connectivity index (χ0v) is 13.8. The van der Waals surface area contributed by atoms with E-state index < -0.39 is 24.1 Å². The van der Waals surface area contributed by atoms with Crippen molar-refractivity contribution in [2.24, 2.45) is 0 Å². The topological polar surface area (TPSA) is 52.6 Å². The second-order valence-corrected chi connectivity index (χ2v) is 5.60. The van der Waals surface area contributed by atoms with Crippen LogP contribution < -0.4 is 0 Å². The van der Waals surface area contributed by atoms with Crippen LogP contribution in [0.5, 0.6) is 0 Å². The molecule has 2 aromatic rings. The number of hydrogen-bond acceptors (Lipinski definition) is 4. The minimum atomic E-state index is -0.629. The molecule has 0 aliphatic carbocycles. The van der Waals surface area contributed by atoms with Crippen LogP contribution in [0.3, 0.4) is 0 Å². The number of carbonyl (C=O) groups excluding carboxylic acids is 2. The van der Waals surface area contributed by atoms with E-state index in [0.29, 0.717) is 5.56 Å². The van der Waals surface area contributed by atoms with Gasteiger partial charge in [-0.3, -0.25) is 0 Å². The Bertz CT molecular complexity index is 804. The monoisotopic (exact) mass is 334 g/mol. The van der Waals surface area contributed by atoms with E-state index in [4.69, 9.17) is 9.47 Å². The van der Waals surface area contributed by atoms with Crippen molar-refractivity contribution in [1.82, 2.24) is 0 Å². The van der Waals surface area contributed by atoms with Gasteiger partial charge in [-0.25, -0.2) is 9.59 Å². The average molecular weight is 334 g/mol. The molecule has 4 heteroatoms. The van der Waals surface area contributed by atoms with Crippen LogP contribution in [0.25, 0.3) is 11.1 Å². The highest BCUT2D eigenvalue weighted by Crippen LogP contribution is 2.21. The number of rotatable bonds is 4. The fourth-order valence-electron chi connectivity index (χ4n) is 2.59. The fraction of sp³-hybridized carbons (Fsp3) is 0.143. The molecule has 0 aromatic heterocycles. The van der Waals surface area contributed by atoms with E-state index in [1.165, 1.54) is 6.08 Å². The molecule has 1 aliphatic rings. The quantitative estimate of drug-likeness (QED) is 0.628. The number of carbonyl (C=O) groups is 2. The summed E-state index contributed by atoms with van der Waals surface area (Å²) in [6, 6.07) is 17.1. The van der Waals surface area contributed by atoms with Crippen LogP contribution in [-0.2, 0) is 14.3 Å². The maximum absolute atomic E-state index is 12.4. The summed E-state index contributed by atoms with van der Waals surface area (Å²) in [5, 5.41) is 0. The van der Waals surface area contributed by atoms with Crippen molar-refractivity contribution < 1.29 is 19.1 Å². The van der Waals surface area contributed by atoms with E-state index in [2.05, 4.69) is 0 Å². The van der Waals surface area contributed by atoms with Crippen molar-refractivity contribution >= 4 is 11.9 Å². The predicted molar refractivity (Wildman–Crippen MR) is 94.9 cm³/mol. The van der Waals surface area contributed by atoms with Gasteiger partial charge in [0, 0.05) is 6.08 Å². The molecule has 0 amide bonds. The lowest BCUT2D eigenvalue weighted by Crippen LogP contribution is -2.35. The molecule has 25 heavy (non-hydrogen) atoms. The summed E-state index contributed by atoms with van der Waals surface area (Å²) in [5.41, 5.74) is 2.55. The molecule has 0 spiro atoms. The maximum Gasteiger partial charge on any atom is 0.338 e. The fourth-order valence-corrected chi connectivity index (χ4v) is 2.59. The molecule has 0 saturated heterocycles. The Labute approximate surface area is 146 Å². The molecule has 2 aromatic carbocycles. The molecule has 126 valence electrons. The van der Waals surface area contributed by atoms with E-state index >= 15 is 0 Å². The lowest BCUT2D eigenvalue weighted by atomic mass is 10.0. The minimum absolute atomic E-state index is 0.442. The number of benzene rings is 2. The normalized spacial score (nSPS) is 19.6. The van der Waals surface area contributed by atoms with Gasteiger partial charge >= 0.3 is 11.9 Å². The van der Waals surface area contributed by atoms with Crippen molar-refractivity contribution in [2.45, 2.75) is 19.1 Å². The molecule has 0 radical (unpaired) electrons. The third kappa shape index (κ3) is 4.04. The van der Waals surface area contributed by atoms with E-state index in [1.54, 1.807) is 30.4 Å². The van der Waals surface area contributed by atoms with Crippen LogP contribution >= 0.6 is 0 Å². The SMILES string of the molecule is C/C=C/C1OC(=O)C=CC1OC(=O)c1ccc(-c2ccccc2)cc1. The number of esters is 2. The van der Waals surface area contributed by atoms with Crippen LogP contribution in [0.15, 0.2) is 78.9 Å². The first-order chi connectivity index (χ1) is 12.2. The minimum Gasteiger partial charge on any atom is -0.451 e. The highest BCUT2D eigenvalue weighted by Gasteiger charge is 2.28. The van der Waals surface area contributed by atoms with E-state index in [-0.39, 0.29) is 0 Å². The Morgan fingerprint density at radius 1 is 1.04 bits per heavy atom. The maximum atomic E-state index is 12.4. The number of cyclic esters (lactones) is 1. The molecular weight excluding hydrogens is 316 g/mol. The van der Waals surface area contributed by atoms with Crippen LogP contribution in [0.1, 0.15) is 17.3 Å². The van der Waals surface area contributed by atoms with Gasteiger partial charge in [-0.1, -0.05) is 48.5 Å². The number of allylic oxidation sites excluding steroid dienone is 1. The summed E-state index contributed by atoms with van der Waals surface area (Å²) in [6.45, 7) is 1.81. The Morgan fingerprint density at radius 2 is 1.72 bits per heavy atom. The Balaban J connectivity index is 1.73. The van der Waals surface area contributed by atoms with Gasteiger partial charge in [-0.15, -0.1) is 0 Å². The van der Waals surface area contributed by atoms with Crippen LogP contribution in [-0.4, -0.2) is 24.1 Å². The average Bonchev–Trinajstić information content (AvgIpc) is 2.65. The molecule has 3 rings (SSSR count). The van der Waals surface area contributed by atoms with Crippen molar-refractivity contribution in [3.63, 3.8) is 0 Å². The van der Waals surface area contributed by atoms with Gasteiger partial charge in [0.25, 0.3) is 0 Å². The van der Waals surface area contributed by atoms with Gasteiger partial charge in [0.15, 0.2) is 12.2 Å². The molecule has 4 nitrogen and oxygen atoms in total. The highest BCUT2D eigenvalue weighted by molar-refractivity contribution is 5.90. The zero-order valence-electron chi connectivity index (χ0n) is 13.8. The van der Waals surface area contributed by atoms with Crippen molar-refractivity contribution in [3.05, 3.63) is 84.5 Å². The molecule has 2 unspecified atom stereocenters. The molecule has 0 N–H and O–H groups in total. The molecule has 0 fully saturated rings. The first-order valence-corrected chi connectivity index (χ1v) is 8.05. The first-order valence-electron chi connectivity index (χ1n) is 8.05. The standard InChI is InChI=1S/C21H18O4/c1-2-6-18-19(13-14-20(22)24-18)25-21(23)17-11-9-16(10-12-17)15-7-4-3-5-8-15/h2-14,18-19H,1H3/b6-2+. The van der Waals surface area contributed by atoms with E-state index in [0.717, 1.165) is 11.1 Å². The smallest absolute Gasteiger partial charge is 0.338 e. The highest BCUT2D eigenvalue weighted by atomic mass is 16.6. The number of hydrogen-bond donors (Lipinski definition) is 0. The third-order valence-corrected chi connectivity index (χ3v) is 3.85. The lowest BCUT2D eigenvalue weighted by molar-refractivity contribution is -0.146. The molecule has 0 saturated carbocycles. The van der Waals surface area contributed by atoms with Crippen molar-refractivity contribution in [1.29, 1.82) is 0 Å². The van der Waals surface area contributed by atoms with Crippen LogP contribution in [0.2, 0.25) is 0 Å². The van der Waals surface area contributed by atoms with E-state index in [9.17, 15) is 9.59 Å². The molecule has 0 bridgehead atoms. The second kappa shape index (κ2) is 7.62. The largest absolute Gasteiger partial charge is 0.451 e. The Hall–Kier alpha value is -3.14. The van der Waals surface area contributed by atoms with Crippen molar-refractivity contribution in [2.75, 3.05) is 0 Å². The van der Waals surface area contributed by atoms with Gasteiger partial charge < -0.3 is 9.47 Å². The zero-order chi connectivity index (χ0) is 17.6. The predicted octanol–water partition coefficient (Wildman–Crippen LogP) is 3.94.